The number of amides is 2. The van der Waals surface area contributed by atoms with Crippen LogP contribution in [0.5, 0.6) is 0 Å². The van der Waals surface area contributed by atoms with E-state index in [1.165, 1.54) is 0 Å². The lowest BCUT2D eigenvalue weighted by Crippen LogP contribution is -2.45. The van der Waals surface area contributed by atoms with Crippen LogP contribution in [0.4, 0.5) is 0 Å². The van der Waals surface area contributed by atoms with E-state index in [4.69, 9.17) is 5.11 Å². The Bertz CT molecular complexity index is 386. The van der Waals surface area contributed by atoms with E-state index in [2.05, 4.69) is 5.32 Å². The number of likely N-dealkylation sites (tertiary alicyclic amines) is 1. The van der Waals surface area contributed by atoms with Crippen LogP contribution in [-0.2, 0) is 14.4 Å². The third-order valence-corrected chi connectivity index (χ3v) is 3.92. The molecule has 18 heavy (non-hydrogen) atoms. The molecule has 2 aliphatic rings. The second-order valence-electron chi connectivity index (χ2n) is 5.42. The zero-order valence-electron chi connectivity index (χ0n) is 10.4. The molecule has 0 saturated carbocycles. The topological polar surface area (TPSA) is 86.7 Å². The summed E-state index contributed by atoms with van der Waals surface area (Å²) in [5.41, 5.74) is -0.826. The van der Waals surface area contributed by atoms with Gasteiger partial charge in [-0.1, -0.05) is 0 Å². The van der Waals surface area contributed by atoms with E-state index in [0.29, 0.717) is 32.4 Å². The number of carbonyl (C=O) groups is 3. The van der Waals surface area contributed by atoms with Gasteiger partial charge in [0, 0.05) is 26.1 Å². The van der Waals surface area contributed by atoms with Crippen LogP contribution in [-0.4, -0.2) is 47.4 Å². The van der Waals surface area contributed by atoms with Crippen molar-refractivity contribution in [2.45, 2.75) is 26.2 Å². The second-order valence-corrected chi connectivity index (χ2v) is 5.42. The molecule has 2 N–H and O–H groups in total. The minimum absolute atomic E-state index is 0.0177. The molecule has 2 rings (SSSR count). The standard InChI is InChI=1S/C12H18N2O4/c1-12(11(17)18)4-5-14(7-12)10(16)8-2-3-9(15)13-6-8/h8H,2-7H2,1H3,(H,13,15)(H,17,18). The Labute approximate surface area is 105 Å². The smallest absolute Gasteiger partial charge is 0.311 e. The Kier molecular flexibility index (Phi) is 3.28. The van der Waals surface area contributed by atoms with Gasteiger partial charge in [-0.3, -0.25) is 14.4 Å². The summed E-state index contributed by atoms with van der Waals surface area (Å²) in [4.78, 5) is 36.0. The number of carbonyl (C=O) groups excluding carboxylic acids is 2. The molecule has 2 fully saturated rings. The van der Waals surface area contributed by atoms with Crippen LogP contribution in [0.2, 0.25) is 0 Å². The highest BCUT2D eigenvalue weighted by Gasteiger charge is 2.43. The van der Waals surface area contributed by atoms with Crippen molar-refractivity contribution in [3.63, 3.8) is 0 Å². The number of carboxylic acid groups (broad SMARTS) is 1. The zero-order chi connectivity index (χ0) is 13.3. The second kappa shape index (κ2) is 4.59. The van der Waals surface area contributed by atoms with E-state index >= 15 is 0 Å². The average molecular weight is 254 g/mol. The molecule has 2 saturated heterocycles. The zero-order valence-corrected chi connectivity index (χ0v) is 10.4. The first-order valence-electron chi connectivity index (χ1n) is 6.21. The SMILES string of the molecule is CC1(C(=O)O)CCN(C(=O)C2CCC(=O)NC2)C1. The van der Waals surface area contributed by atoms with E-state index in [0.717, 1.165) is 0 Å². The predicted octanol–water partition coefficient (Wildman–Crippen LogP) is -0.164. The molecule has 0 bridgehead atoms. The van der Waals surface area contributed by atoms with Crippen molar-refractivity contribution in [3.8, 4) is 0 Å². The lowest BCUT2D eigenvalue weighted by atomic mass is 9.90. The quantitative estimate of drug-likeness (QED) is 0.716. The fraction of sp³-hybridized carbons (Fsp3) is 0.750. The summed E-state index contributed by atoms with van der Waals surface area (Å²) in [5, 5.41) is 11.8. The van der Waals surface area contributed by atoms with Crippen LogP contribution in [0, 0.1) is 11.3 Å². The molecule has 2 unspecified atom stereocenters. The monoisotopic (exact) mass is 254 g/mol. The first-order chi connectivity index (χ1) is 8.42. The van der Waals surface area contributed by atoms with E-state index in [-0.39, 0.29) is 24.3 Å². The first-order valence-corrected chi connectivity index (χ1v) is 6.21. The molecule has 6 nitrogen and oxygen atoms in total. The van der Waals surface area contributed by atoms with Crippen LogP contribution < -0.4 is 5.32 Å². The summed E-state index contributed by atoms with van der Waals surface area (Å²) < 4.78 is 0. The van der Waals surface area contributed by atoms with Gasteiger partial charge in [0.1, 0.15) is 0 Å². The molecule has 100 valence electrons. The number of hydrogen-bond donors (Lipinski definition) is 2. The first kappa shape index (κ1) is 12.9. The lowest BCUT2D eigenvalue weighted by Gasteiger charge is -2.27. The molecule has 2 heterocycles. The highest BCUT2D eigenvalue weighted by atomic mass is 16.4. The van der Waals surface area contributed by atoms with Gasteiger partial charge in [0.05, 0.1) is 11.3 Å². The third-order valence-electron chi connectivity index (χ3n) is 3.92. The number of hydrogen-bond acceptors (Lipinski definition) is 3. The Balaban J connectivity index is 1.95. The minimum atomic E-state index is -0.852. The van der Waals surface area contributed by atoms with Gasteiger partial charge in [-0.25, -0.2) is 0 Å². The van der Waals surface area contributed by atoms with Gasteiger partial charge in [-0.05, 0) is 19.8 Å². The van der Waals surface area contributed by atoms with Crippen LogP contribution in [0.25, 0.3) is 0 Å². The van der Waals surface area contributed by atoms with Crippen molar-refractivity contribution in [2.75, 3.05) is 19.6 Å². The van der Waals surface area contributed by atoms with Crippen molar-refractivity contribution in [1.82, 2.24) is 10.2 Å². The summed E-state index contributed by atoms with van der Waals surface area (Å²) in [7, 11) is 0. The van der Waals surface area contributed by atoms with Crippen molar-refractivity contribution in [1.29, 1.82) is 0 Å². The summed E-state index contributed by atoms with van der Waals surface area (Å²) in [5.74, 6) is -1.09. The Morgan fingerprint density at radius 2 is 2.22 bits per heavy atom. The average Bonchev–Trinajstić information content (AvgIpc) is 2.73. The Hall–Kier alpha value is -1.59. The van der Waals surface area contributed by atoms with Crippen molar-refractivity contribution >= 4 is 17.8 Å². The molecular formula is C12H18N2O4. The summed E-state index contributed by atoms with van der Waals surface area (Å²) in [6.07, 6.45) is 1.43. The van der Waals surface area contributed by atoms with Crippen LogP contribution in [0.3, 0.4) is 0 Å². The van der Waals surface area contributed by atoms with Gasteiger partial charge in [-0.2, -0.15) is 0 Å². The molecule has 2 atom stereocenters. The maximum Gasteiger partial charge on any atom is 0.311 e. The number of aliphatic carboxylic acids is 1. The molecule has 2 aliphatic heterocycles. The molecule has 6 heteroatoms. The highest BCUT2D eigenvalue weighted by Crippen LogP contribution is 2.31. The molecule has 0 spiro atoms. The van der Waals surface area contributed by atoms with Crippen molar-refractivity contribution in [2.24, 2.45) is 11.3 Å². The number of rotatable bonds is 2. The molecule has 0 aromatic carbocycles. The van der Waals surface area contributed by atoms with E-state index in [1.54, 1.807) is 11.8 Å². The number of carboxylic acids is 1. The Morgan fingerprint density at radius 1 is 1.50 bits per heavy atom. The minimum Gasteiger partial charge on any atom is -0.481 e. The van der Waals surface area contributed by atoms with Crippen molar-refractivity contribution < 1.29 is 19.5 Å². The molecule has 0 aromatic heterocycles. The van der Waals surface area contributed by atoms with Gasteiger partial charge >= 0.3 is 5.97 Å². The third kappa shape index (κ3) is 2.32. The maximum absolute atomic E-state index is 12.2. The summed E-state index contributed by atoms with van der Waals surface area (Å²) >= 11 is 0. The fourth-order valence-corrected chi connectivity index (χ4v) is 2.53. The van der Waals surface area contributed by atoms with Gasteiger partial charge in [-0.15, -0.1) is 0 Å². The van der Waals surface area contributed by atoms with Gasteiger partial charge in [0.2, 0.25) is 11.8 Å². The molecule has 0 radical (unpaired) electrons. The van der Waals surface area contributed by atoms with Gasteiger partial charge < -0.3 is 15.3 Å². The molecule has 0 aliphatic carbocycles. The van der Waals surface area contributed by atoms with Crippen LogP contribution >= 0.6 is 0 Å². The summed E-state index contributed by atoms with van der Waals surface area (Å²) in [6, 6.07) is 0. The molecule has 2 amide bonds. The summed E-state index contributed by atoms with van der Waals surface area (Å²) in [6.45, 7) is 2.81. The van der Waals surface area contributed by atoms with Gasteiger partial charge in [0.25, 0.3) is 0 Å². The van der Waals surface area contributed by atoms with Gasteiger partial charge in [0.15, 0.2) is 0 Å². The van der Waals surface area contributed by atoms with Crippen LogP contribution in [0.15, 0.2) is 0 Å². The molecular weight excluding hydrogens is 236 g/mol. The fourth-order valence-electron chi connectivity index (χ4n) is 2.53. The number of piperidine rings is 1. The van der Waals surface area contributed by atoms with E-state index in [9.17, 15) is 14.4 Å². The molecule has 0 aromatic rings. The number of nitrogens with one attached hydrogen (secondary N) is 1. The van der Waals surface area contributed by atoms with E-state index in [1.807, 2.05) is 0 Å². The van der Waals surface area contributed by atoms with Crippen molar-refractivity contribution in [3.05, 3.63) is 0 Å². The van der Waals surface area contributed by atoms with Crippen LogP contribution in [0.1, 0.15) is 26.2 Å². The Morgan fingerprint density at radius 3 is 2.72 bits per heavy atom. The maximum atomic E-state index is 12.2. The predicted molar refractivity (Wildman–Crippen MR) is 62.7 cm³/mol. The number of nitrogens with zero attached hydrogens (tertiary/aromatic N) is 1. The highest BCUT2D eigenvalue weighted by molar-refractivity contribution is 5.85. The normalized spacial score (nSPS) is 32.2. The largest absolute Gasteiger partial charge is 0.481 e. The lowest BCUT2D eigenvalue weighted by molar-refractivity contribution is -0.147. The van der Waals surface area contributed by atoms with E-state index < -0.39 is 11.4 Å².